The molecule has 0 saturated carbocycles. The minimum absolute atomic E-state index is 0.126. The number of nitrogens with zero attached hydrogens (tertiary/aromatic N) is 6. The molecule has 0 unspecified atom stereocenters. The maximum Gasteiger partial charge on any atom is 0.252 e. The highest BCUT2D eigenvalue weighted by Crippen LogP contribution is 2.24. The minimum Gasteiger partial charge on any atom is -0.353 e. The number of aromatic amines is 1. The van der Waals surface area contributed by atoms with E-state index < -0.39 is 0 Å². The molecule has 4 heterocycles. The van der Waals surface area contributed by atoms with Crippen molar-refractivity contribution in [3.63, 3.8) is 0 Å². The molecule has 3 aromatic heterocycles. The highest BCUT2D eigenvalue weighted by Gasteiger charge is 2.21. The van der Waals surface area contributed by atoms with Crippen molar-refractivity contribution in [1.29, 1.82) is 0 Å². The van der Waals surface area contributed by atoms with Crippen LogP contribution in [0.1, 0.15) is 0 Å². The maximum absolute atomic E-state index is 11.4. The van der Waals surface area contributed by atoms with Gasteiger partial charge in [0.15, 0.2) is 0 Å². The molecule has 1 aliphatic heterocycles. The predicted octanol–water partition coefficient (Wildman–Crippen LogP) is 0.378. The molecule has 0 aliphatic carbocycles. The third-order valence-electron chi connectivity index (χ3n) is 4.21. The molecule has 0 atom stereocenters. The fraction of sp³-hybridized carbons (Fsp3) is 0.333. The molecular formula is C15H17N7O. The fourth-order valence-corrected chi connectivity index (χ4v) is 2.99. The van der Waals surface area contributed by atoms with E-state index in [1.54, 1.807) is 6.33 Å². The van der Waals surface area contributed by atoms with Gasteiger partial charge in [-0.25, -0.2) is 15.0 Å². The van der Waals surface area contributed by atoms with Crippen LogP contribution in [0.15, 0.2) is 35.8 Å². The first-order chi connectivity index (χ1) is 11.2. The zero-order chi connectivity index (χ0) is 15.8. The van der Waals surface area contributed by atoms with Crippen molar-refractivity contribution in [2.24, 2.45) is 7.05 Å². The van der Waals surface area contributed by atoms with Crippen LogP contribution in [0.2, 0.25) is 0 Å². The summed E-state index contributed by atoms with van der Waals surface area (Å²) in [6.45, 7) is 3.26. The van der Waals surface area contributed by atoms with Crippen molar-refractivity contribution >= 4 is 22.7 Å². The summed E-state index contributed by atoms with van der Waals surface area (Å²) >= 11 is 0. The number of anilines is 2. The fourth-order valence-electron chi connectivity index (χ4n) is 2.99. The molecule has 3 aromatic rings. The molecule has 0 amide bonds. The van der Waals surface area contributed by atoms with Crippen molar-refractivity contribution in [2.45, 2.75) is 0 Å². The Morgan fingerprint density at radius 1 is 1.09 bits per heavy atom. The van der Waals surface area contributed by atoms with E-state index in [1.165, 1.54) is 12.4 Å². The molecule has 1 N–H and O–H groups in total. The third-order valence-corrected chi connectivity index (χ3v) is 4.21. The van der Waals surface area contributed by atoms with Crippen molar-refractivity contribution in [3.8, 4) is 0 Å². The second-order valence-electron chi connectivity index (χ2n) is 5.60. The summed E-state index contributed by atoms with van der Waals surface area (Å²) in [6.07, 6.45) is 5.06. The number of rotatable bonds is 2. The summed E-state index contributed by atoms with van der Waals surface area (Å²) < 4.78 is 2.00. The quantitative estimate of drug-likeness (QED) is 0.736. The Morgan fingerprint density at radius 3 is 2.65 bits per heavy atom. The molecule has 1 saturated heterocycles. The lowest BCUT2D eigenvalue weighted by Crippen LogP contribution is -2.47. The topological polar surface area (TPSA) is 82.9 Å². The molecule has 1 aliphatic rings. The summed E-state index contributed by atoms with van der Waals surface area (Å²) in [7, 11) is 1.98. The van der Waals surface area contributed by atoms with E-state index in [4.69, 9.17) is 0 Å². The summed E-state index contributed by atoms with van der Waals surface area (Å²) in [5.74, 6) is 1.69. The number of nitrogens with one attached hydrogen (secondary N) is 1. The zero-order valence-corrected chi connectivity index (χ0v) is 12.8. The first-order valence-corrected chi connectivity index (χ1v) is 7.53. The predicted molar refractivity (Wildman–Crippen MR) is 87.8 cm³/mol. The average molecular weight is 311 g/mol. The average Bonchev–Trinajstić information content (AvgIpc) is 2.97. The Morgan fingerprint density at radius 2 is 1.87 bits per heavy atom. The minimum atomic E-state index is -0.126. The van der Waals surface area contributed by atoms with E-state index in [2.05, 4.69) is 35.8 Å². The molecule has 118 valence electrons. The van der Waals surface area contributed by atoms with Gasteiger partial charge in [-0.1, -0.05) is 0 Å². The molecule has 0 radical (unpaired) electrons. The van der Waals surface area contributed by atoms with E-state index in [9.17, 15) is 4.79 Å². The number of H-pyrrole nitrogens is 1. The van der Waals surface area contributed by atoms with E-state index in [1.807, 2.05) is 17.8 Å². The Kier molecular flexibility index (Phi) is 3.22. The van der Waals surface area contributed by atoms with Crippen LogP contribution in [0.4, 0.5) is 11.6 Å². The van der Waals surface area contributed by atoms with Crippen LogP contribution < -0.4 is 15.4 Å². The molecule has 0 spiro atoms. The number of aryl methyl sites for hydroxylation is 1. The zero-order valence-electron chi connectivity index (χ0n) is 12.8. The van der Waals surface area contributed by atoms with Gasteiger partial charge in [-0.05, 0) is 6.07 Å². The van der Waals surface area contributed by atoms with Crippen LogP contribution in [0, 0.1) is 0 Å². The van der Waals surface area contributed by atoms with Crippen LogP contribution in [0.25, 0.3) is 11.0 Å². The molecular weight excluding hydrogens is 294 g/mol. The lowest BCUT2D eigenvalue weighted by Gasteiger charge is -2.36. The first kappa shape index (κ1) is 13.7. The summed E-state index contributed by atoms with van der Waals surface area (Å²) in [5.41, 5.74) is 0.813. The van der Waals surface area contributed by atoms with E-state index in [0.717, 1.165) is 48.8 Å². The van der Waals surface area contributed by atoms with E-state index in [-0.39, 0.29) is 5.56 Å². The first-order valence-electron chi connectivity index (χ1n) is 7.53. The molecule has 23 heavy (non-hydrogen) atoms. The monoisotopic (exact) mass is 311 g/mol. The van der Waals surface area contributed by atoms with Crippen LogP contribution in [-0.4, -0.2) is 50.7 Å². The third kappa shape index (κ3) is 2.41. The SMILES string of the molecule is Cn1ccc2c(N3CCN(c4cc(=O)[nH]cn4)CC3)ncnc21. The normalized spacial score (nSPS) is 15.3. The Labute approximate surface area is 132 Å². The van der Waals surface area contributed by atoms with Gasteiger partial charge in [-0.15, -0.1) is 0 Å². The van der Waals surface area contributed by atoms with Crippen LogP contribution in [0.5, 0.6) is 0 Å². The summed E-state index contributed by atoms with van der Waals surface area (Å²) in [6, 6.07) is 3.59. The van der Waals surface area contributed by atoms with Gasteiger partial charge in [0.05, 0.1) is 11.7 Å². The Bertz CT molecular complexity index is 892. The molecule has 0 aromatic carbocycles. The summed E-state index contributed by atoms with van der Waals surface area (Å²) in [5, 5.41) is 1.07. The van der Waals surface area contributed by atoms with Gasteiger partial charge in [0, 0.05) is 45.5 Å². The highest BCUT2D eigenvalue weighted by molar-refractivity contribution is 5.87. The van der Waals surface area contributed by atoms with Gasteiger partial charge in [-0.2, -0.15) is 0 Å². The second kappa shape index (κ2) is 5.38. The lowest BCUT2D eigenvalue weighted by atomic mass is 10.2. The number of fused-ring (bicyclic) bond motifs is 1. The van der Waals surface area contributed by atoms with Gasteiger partial charge < -0.3 is 19.4 Å². The van der Waals surface area contributed by atoms with E-state index >= 15 is 0 Å². The van der Waals surface area contributed by atoms with Crippen molar-refractivity contribution in [2.75, 3.05) is 36.0 Å². The second-order valence-corrected chi connectivity index (χ2v) is 5.60. The molecule has 4 rings (SSSR count). The van der Waals surface area contributed by atoms with Crippen molar-refractivity contribution in [1.82, 2.24) is 24.5 Å². The lowest BCUT2D eigenvalue weighted by molar-refractivity contribution is 0.642. The molecule has 8 heteroatoms. The van der Waals surface area contributed by atoms with Crippen LogP contribution in [0.3, 0.4) is 0 Å². The van der Waals surface area contributed by atoms with Crippen molar-refractivity contribution in [3.05, 3.63) is 41.3 Å². The smallest absolute Gasteiger partial charge is 0.252 e. The molecule has 1 fully saturated rings. The van der Waals surface area contributed by atoms with Crippen molar-refractivity contribution < 1.29 is 0 Å². The van der Waals surface area contributed by atoms with Gasteiger partial charge in [0.25, 0.3) is 5.56 Å². The number of aromatic nitrogens is 5. The number of hydrogen-bond donors (Lipinski definition) is 1. The number of piperazine rings is 1. The van der Waals surface area contributed by atoms with Gasteiger partial charge in [0.2, 0.25) is 0 Å². The summed E-state index contributed by atoms with van der Waals surface area (Å²) in [4.78, 5) is 31.4. The molecule has 0 bridgehead atoms. The van der Waals surface area contributed by atoms with Gasteiger partial charge in [0.1, 0.15) is 23.6 Å². The molecule has 8 nitrogen and oxygen atoms in total. The standard InChI is InChI=1S/C15H17N7O/c1-20-3-2-11-14(20)18-10-19-15(11)22-6-4-21(5-7-22)12-8-13(23)17-9-16-12/h2-3,8-10H,4-7H2,1H3,(H,16,17,23). The van der Waals surface area contributed by atoms with Crippen LogP contribution >= 0.6 is 0 Å². The Balaban J connectivity index is 1.56. The van der Waals surface area contributed by atoms with Gasteiger partial charge in [-0.3, -0.25) is 4.79 Å². The number of hydrogen-bond acceptors (Lipinski definition) is 6. The Hall–Kier alpha value is -2.90. The largest absolute Gasteiger partial charge is 0.353 e. The van der Waals surface area contributed by atoms with E-state index in [0.29, 0.717) is 0 Å². The maximum atomic E-state index is 11.4. The highest BCUT2D eigenvalue weighted by atomic mass is 16.1. The van der Waals surface area contributed by atoms with Crippen LogP contribution in [-0.2, 0) is 7.05 Å². The van der Waals surface area contributed by atoms with Gasteiger partial charge >= 0.3 is 0 Å².